The highest BCUT2D eigenvalue weighted by Crippen LogP contribution is 2.42. The van der Waals surface area contributed by atoms with Crippen molar-refractivity contribution in [3.05, 3.63) is 41.5 Å². The molecule has 1 heterocycles. The lowest BCUT2D eigenvalue weighted by atomic mass is 10.2. The highest BCUT2D eigenvalue weighted by atomic mass is 32.2. The van der Waals surface area contributed by atoms with Gasteiger partial charge in [0.1, 0.15) is 16.5 Å². The highest BCUT2D eigenvalue weighted by molar-refractivity contribution is 7.89. The molecule has 0 atom stereocenters. The van der Waals surface area contributed by atoms with Crippen LogP contribution in [0, 0.1) is 5.82 Å². The maximum Gasteiger partial charge on any atom is 0.435 e. The fraction of sp³-hybridized carbons (Fsp3) is 0.438. The van der Waals surface area contributed by atoms with E-state index in [4.69, 9.17) is 4.74 Å². The van der Waals surface area contributed by atoms with Crippen molar-refractivity contribution in [3.63, 3.8) is 0 Å². The quantitative estimate of drug-likeness (QED) is 0.717. The first-order valence-corrected chi connectivity index (χ1v) is 9.58. The van der Waals surface area contributed by atoms with Crippen LogP contribution >= 0.6 is 0 Å². The van der Waals surface area contributed by atoms with Gasteiger partial charge in [0.15, 0.2) is 5.69 Å². The average molecular weight is 407 g/mol. The zero-order valence-electron chi connectivity index (χ0n) is 14.3. The van der Waals surface area contributed by atoms with Crippen LogP contribution in [-0.4, -0.2) is 31.9 Å². The van der Waals surface area contributed by atoms with Gasteiger partial charge in [-0.05, 0) is 37.1 Å². The topological polar surface area (TPSA) is 73.2 Å². The lowest BCUT2D eigenvalue weighted by molar-refractivity contribution is -0.141. The Labute approximate surface area is 153 Å². The van der Waals surface area contributed by atoms with Gasteiger partial charge in [0, 0.05) is 18.2 Å². The molecule has 0 unspecified atom stereocenters. The molecule has 148 valence electrons. The van der Waals surface area contributed by atoms with Crippen molar-refractivity contribution in [2.24, 2.45) is 0 Å². The number of hydrogen-bond acceptors (Lipinski definition) is 4. The summed E-state index contributed by atoms with van der Waals surface area (Å²) in [6.07, 6.45) is -3.02. The van der Waals surface area contributed by atoms with Crippen LogP contribution in [-0.2, 0) is 22.7 Å². The number of hydrogen-bond donors (Lipinski definition) is 1. The summed E-state index contributed by atoms with van der Waals surface area (Å²) < 4.78 is 85.1. The van der Waals surface area contributed by atoms with Crippen LogP contribution in [0.1, 0.15) is 30.1 Å². The van der Waals surface area contributed by atoms with Crippen LogP contribution in [0.4, 0.5) is 17.6 Å². The van der Waals surface area contributed by atoms with Crippen LogP contribution in [0.3, 0.4) is 0 Å². The minimum absolute atomic E-state index is 0.00789. The van der Waals surface area contributed by atoms with Crippen molar-refractivity contribution in [2.45, 2.75) is 36.4 Å². The van der Waals surface area contributed by atoms with Gasteiger partial charge in [-0.3, -0.25) is 4.68 Å². The fourth-order valence-electron chi connectivity index (χ4n) is 2.68. The third-order valence-corrected chi connectivity index (χ3v) is 5.61. The third kappa shape index (κ3) is 4.41. The summed E-state index contributed by atoms with van der Waals surface area (Å²) in [4.78, 5) is -0.385. The summed E-state index contributed by atoms with van der Waals surface area (Å²) in [7, 11) is -2.87. The number of halogens is 4. The normalized spacial score (nSPS) is 15.1. The van der Waals surface area contributed by atoms with Gasteiger partial charge in [-0.2, -0.15) is 18.3 Å². The van der Waals surface area contributed by atoms with Crippen LogP contribution < -0.4 is 9.46 Å². The van der Waals surface area contributed by atoms with Crippen molar-refractivity contribution in [1.82, 2.24) is 14.5 Å². The van der Waals surface area contributed by atoms with E-state index in [1.165, 1.54) is 17.9 Å². The molecule has 0 saturated heterocycles. The molecular weight excluding hydrogens is 390 g/mol. The molecule has 1 N–H and O–H groups in total. The number of aromatic nitrogens is 2. The molecule has 0 radical (unpaired) electrons. The van der Waals surface area contributed by atoms with Crippen molar-refractivity contribution in [2.75, 3.05) is 13.7 Å². The molecule has 3 rings (SSSR count). The first kappa shape index (κ1) is 19.6. The Hall–Kier alpha value is -2.14. The van der Waals surface area contributed by atoms with E-state index in [1.807, 2.05) is 0 Å². The highest BCUT2D eigenvalue weighted by Gasteiger charge is 2.37. The molecule has 6 nitrogen and oxygen atoms in total. The molecule has 1 fully saturated rings. The predicted octanol–water partition coefficient (Wildman–Crippen LogP) is 2.91. The fourth-order valence-corrected chi connectivity index (χ4v) is 3.88. The first-order chi connectivity index (χ1) is 12.6. The molecule has 11 heteroatoms. The number of alkyl halides is 3. The van der Waals surface area contributed by atoms with E-state index in [2.05, 4.69) is 9.82 Å². The SMILES string of the molecule is COc1ccc(F)cc1S(=O)(=O)NCCn1nc(C(F)(F)F)cc1C1CC1. The molecule has 0 aliphatic heterocycles. The number of methoxy groups -OCH3 is 1. The summed E-state index contributed by atoms with van der Waals surface area (Å²) >= 11 is 0. The molecule has 0 bridgehead atoms. The maximum atomic E-state index is 13.4. The van der Waals surface area contributed by atoms with Gasteiger partial charge in [0.25, 0.3) is 0 Å². The Morgan fingerprint density at radius 1 is 1.30 bits per heavy atom. The van der Waals surface area contributed by atoms with Gasteiger partial charge >= 0.3 is 6.18 Å². The van der Waals surface area contributed by atoms with Crippen LogP contribution in [0.25, 0.3) is 0 Å². The van der Waals surface area contributed by atoms with Crippen molar-refractivity contribution >= 4 is 10.0 Å². The van der Waals surface area contributed by atoms with Crippen LogP contribution in [0.15, 0.2) is 29.2 Å². The molecule has 2 aromatic rings. The van der Waals surface area contributed by atoms with Gasteiger partial charge in [-0.25, -0.2) is 17.5 Å². The lowest BCUT2D eigenvalue weighted by Gasteiger charge is -2.12. The Morgan fingerprint density at radius 2 is 2.00 bits per heavy atom. The Balaban J connectivity index is 1.75. The standard InChI is InChI=1S/C16H17F4N3O3S/c1-26-13-5-4-11(17)8-14(13)27(24,25)21-6-7-23-12(10-2-3-10)9-15(22-23)16(18,19)20/h4-5,8-10,21H,2-3,6-7H2,1H3. The minimum Gasteiger partial charge on any atom is -0.495 e. The number of rotatable bonds is 7. The molecule has 27 heavy (non-hydrogen) atoms. The van der Waals surface area contributed by atoms with Gasteiger partial charge in [-0.1, -0.05) is 0 Å². The van der Waals surface area contributed by atoms with E-state index < -0.39 is 27.7 Å². The second-order valence-electron chi connectivity index (χ2n) is 6.14. The zero-order valence-corrected chi connectivity index (χ0v) is 15.1. The van der Waals surface area contributed by atoms with Crippen LogP contribution in [0.5, 0.6) is 5.75 Å². The van der Waals surface area contributed by atoms with Crippen molar-refractivity contribution in [3.8, 4) is 5.75 Å². The summed E-state index contributed by atoms with van der Waals surface area (Å²) in [5.41, 5.74) is -0.566. The second kappa shape index (κ2) is 7.12. The molecule has 1 aromatic carbocycles. The smallest absolute Gasteiger partial charge is 0.435 e. The Bertz CT molecular complexity index is 937. The minimum atomic E-state index is -4.57. The molecule has 1 aliphatic rings. The second-order valence-corrected chi connectivity index (χ2v) is 7.88. The molecule has 1 aliphatic carbocycles. The monoisotopic (exact) mass is 407 g/mol. The average Bonchev–Trinajstić information content (AvgIpc) is 3.33. The number of nitrogens with one attached hydrogen (secondary N) is 1. The van der Waals surface area contributed by atoms with Gasteiger partial charge in [0.05, 0.1) is 13.7 Å². The molecule has 1 aromatic heterocycles. The van der Waals surface area contributed by atoms with Crippen LogP contribution in [0.2, 0.25) is 0 Å². The largest absolute Gasteiger partial charge is 0.495 e. The molecule has 0 amide bonds. The van der Waals surface area contributed by atoms with Gasteiger partial charge in [-0.15, -0.1) is 0 Å². The molecule has 0 spiro atoms. The summed E-state index contributed by atoms with van der Waals surface area (Å²) in [5, 5.41) is 3.56. The lowest BCUT2D eigenvalue weighted by Crippen LogP contribution is -2.28. The Kier molecular flexibility index (Phi) is 5.17. The summed E-state index contributed by atoms with van der Waals surface area (Å²) in [6.45, 7) is -0.292. The van der Waals surface area contributed by atoms with E-state index in [0.29, 0.717) is 5.69 Å². The molecule has 1 saturated carbocycles. The number of nitrogens with zero attached hydrogens (tertiary/aromatic N) is 2. The van der Waals surface area contributed by atoms with E-state index in [0.717, 1.165) is 31.0 Å². The molecular formula is C16H17F4N3O3S. The van der Waals surface area contributed by atoms with E-state index >= 15 is 0 Å². The van der Waals surface area contributed by atoms with E-state index in [9.17, 15) is 26.0 Å². The van der Waals surface area contributed by atoms with E-state index in [1.54, 1.807) is 0 Å². The first-order valence-electron chi connectivity index (χ1n) is 8.10. The van der Waals surface area contributed by atoms with Gasteiger partial charge < -0.3 is 4.74 Å². The number of ether oxygens (including phenoxy) is 1. The van der Waals surface area contributed by atoms with Crippen molar-refractivity contribution in [1.29, 1.82) is 0 Å². The number of sulfonamides is 1. The van der Waals surface area contributed by atoms with Gasteiger partial charge in [0.2, 0.25) is 10.0 Å². The predicted molar refractivity (Wildman–Crippen MR) is 87.3 cm³/mol. The van der Waals surface area contributed by atoms with Crippen molar-refractivity contribution < 1.29 is 30.7 Å². The number of benzene rings is 1. The maximum absolute atomic E-state index is 13.4. The summed E-state index contributed by atoms with van der Waals surface area (Å²) in [6, 6.07) is 4.05. The Morgan fingerprint density at radius 3 is 2.59 bits per heavy atom. The third-order valence-electron chi connectivity index (χ3n) is 4.13. The zero-order chi connectivity index (χ0) is 19.8. The summed E-state index contributed by atoms with van der Waals surface area (Å²) in [5.74, 6) is -0.788. The van der Waals surface area contributed by atoms with E-state index in [-0.39, 0.29) is 29.7 Å².